The summed E-state index contributed by atoms with van der Waals surface area (Å²) in [5.74, 6) is 0. The highest BCUT2D eigenvalue weighted by Gasteiger charge is 2.18. The molecule has 1 atom stereocenters. The first-order valence-corrected chi connectivity index (χ1v) is 5.53. The van der Waals surface area contributed by atoms with Gasteiger partial charge in [0.25, 0.3) is 0 Å². The molecule has 1 fully saturated rings. The minimum atomic E-state index is 0.584. The molecule has 0 saturated carbocycles. The van der Waals surface area contributed by atoms with Crippen molar-refractivity contribution in [3.8, 4) is 0 Å². The lowest BCUT2D eigenvalue weighted by Gasteiger charge is -2.35. The van der Waals surface area contributed by atoms with E-state index in [0.717, 1.165) is 6.54 Å². The molecule has 0 amide bonds. The number of rotatable bonds is 1. The molecule has 0 aromatic carbocycles. The molecule has 0 radical (unpaired) electrons. The molecule has 14 heavy (non-hydrogen) atoms. The molecule has 1 saturated heterocycles. The summed E-state index contributed by atoms with van der Waals surface area (Å²) in [5.41, 5.74) is 1.21. The molecular formula is C11H15ClN2. The fourth-order valence-corrected chi connectivity index (χ4v) is 2.22. The van der Waals surface area contributed by atoms with Gasteiger partial charge in [0, 0.05) is 24.5 Å². The Labute approximate surface area is 89.9 Å². The van der Waals surface area contributed by atoms with Crippen LogP contribution < -0.4 is 4.90 Å². The first-order chi connectivity index (χ1) is 6.77. The Balaban J connectivity index is 2.20. The summed E-state index contributed by atoms with van der Waals surface area (Å²) in [5, 5.41) is 0.584. The summed E-state index contributed by atoms with van der Waals surface area (Å²) in [6.07, 6.45) is 5.68. The molecule has 1 aromatic heterocycles. The van der Waals surface area contributed by atoms with Gasteiger partial charge in [0.2, 0.25) is 0 Å². The molecule has 0 aliphatic carbocycles. The number of anilines is 1. The van der Waals surface area contributed by atoms with Crippen LogP contribution in [0.15, 0.2) is 18.3 Å². The zero-order valence-corrected chi connectivity index (χ0v) is 9.17. The number of hydrogen-bond acceptors (Lipinski definition) is 2. The van der Waals surface area contributed by atoms with Gasteiger partial charge >= 0.3 is 0 Å². The van der Waals surface area contributed by atoms with Crippen LogP contribution in [0.5, 0.6) is 0 Å². The van der Waals surface area contributed by atoms with Crippen LogP contribution in [0.2, 0.25) is 5.15 Å². The highest BCUT2D eigenvalue weighted by molar-refractivity contribution is 6.29. The Morgan fingerprint density at radius 1 is 1.50 bits per heavy atom. The highest BCUT2D eigenvalue weighted by atomic mass is 35.5. The van der Waals surface area contributed by atoms with Gasteiger partial charge in [-0.05, 0) is 38.3 Å². The van der Waals surface area contributed by atoms with Gasteiger partial charge in [0.15, 0.2) is 0 Å². The molecule has 1 aliphatic rings. The first-order valence-electron chi connectivity index (χ1n) is 5.15. The average molecular weight is 211 g/mol. The van der Waals surface area contributed by atoms with E-state index in [2.05, 4.69) is 16.8 Å². The van der Waals surface area contributed by atoms with Crippen LogP contribution in [0.4, 0.5) is 5.69 Å². The summed E-state index contributed by atoms with van der Waals surface area (Å²) in [6, 6.07) is 4.61. The normalized spacial score (nSPS) is 22.4. The number of halogens is 1. The van der Waals surface area contributed by atoms with Crippen LogP contribution in [0, 0.1) is 0 Å². The Morgan fingerprint density at radius 2 is 2.36 bits per heavy atom. The zero-order valence-electron chi connectivity index (χ0n) is 8.41. The number of piperidine rings is 1. The van der Waals surface area contributed by atoms with Crippen molar-refractivity contribution in [2.75, 3.05) is 11.4 Å². The fraction of sp³-hybridized carbons (Fsp3) is 0.545. The Bertz CT molecular complexity index is 314. The van der Waals surface area contributed by atoms with Crippen molar-refractivity contribution in [2.24, 2.45) is 0 Å². The Morgan fingerprint density at radius 3 is 3.07 bits per heavy atom. The van der Waals surface area contributed by atoms with Crippen LogP contribution in [-0.2, 0) is 0 Å². The zero-order chi connectivity index (χ0) is 9.97. The van der Waals surface area contributed by atoms with Gasteiger partial charge < -0.3 is 4.90 Å². The van der Waals surface area contributed by atoms with Gasteiger partial charge in [-0.3, -0.25) is 0 Å². The van der Waals surface area contributed by atoms with E-state index in [1.807, 2.05) is 12.1 Å². The molecule has 2 heterocycles. The molecule has 3 heteroatoms. The third-order valence-corrected chi connectivity index (χ3v) is 3.05. The quantitative estimate of drug-likeness (QED) is 0.663. The van der Waals surface area contributed by atoms with Crippen molar-refractivity contribution < 1.29 is 0 Å². The molecule has 0 N–H and O–H groups in total. The second-order valence-electron chi connectivity index (χ2n) is 3.87. The smallest absolute Gasteiger partial charge is 0.131 e. The minimum Gasteiger partial charge on any atom is -0.369 e. The number of hydrogen-bond donors (Lipinski definition) is 0. The topological polar surface area (TPSA) is 16.1 Å². The molecule has 1 aliphatic heterocycles. The second-order valence-corrected chi connectivity index (χ2v) is 4.26. The molecule has 1 aromatic rings. The number of aromatic nitrogens is 1. The largest absolute Gasteiger partial charge is 0.369 e. The molecule has 76 valence electrons. The van der Waals surface area contributed by atoms with Gasteiger partial charge in [-0.2, -0.15) is 0 Å². The predicted octanol–water partition coefficient (Wildman–Crippen LogP) is 3.11. The van der Waals surface area contributed by atoms with Crippen LogP contribution in [0.3, 0.4) is 0 Å². The Hall–Kier alpha value is -0.760. The first kappa shape index (κ1) is 9.78. The molecule has 2 nitrogen and oxygen atoms in total. The fourth-order valence-electron chi connectivity index (χ4n) is 2.05. The van der Waals surface area contributed by atoms with E-state index in [-0.39, 0.29) is 0 Å². The summed E-state index contributed by atoms with van der Waals surface area (Å²) in [7, 11) is 0. The van der Waals surface area contributed by atoms with E-state index in [1.165, 1.54) is 24.9 Å². The van der Waals surface area contributed by atoms with Crippen molar-refractivity contribution >= 4 is 17.3 Å². The number of pyridine rings is 1. The maximum absolute atomic E-state index is 5.87. The standard InChI is InChI=1S/C11H15ClN2/c1-9-4-2-3-7-14(9)10-5-6-13-11(12)8-10/h5-6,8-9H,2-4,7H2,1H3. The van der Waals surface area contributed by atoms with E-state index in [9.17, 15) is 0 Å². The average Bonchev–Trinajstić information content (AvgIpc) is 2.18. The second kappa shape index (κ2) is 4.18. The summed E-state index contributed by atoms with van der Waals surface area (Å²) < 4.78 is 0. The highest BCUT2D eigenvalue weighted by Crippen LogP contribution is 2.25. The summed E-state index contributed by atoms with van der Waals surface area (Å²) in [4.78, 5) is 6.41. The lowest BCUT2D eigenvalue weighted by molar-refractivity contribution is 0.485. The van der Waals surface area contributed by atoms with Crippen LogP contribution >= 0.6 is 11.6 Å². The van der Waals surface area contributed by atoms with Crippen LogP contribution in [0.1, 0.15) is 26.2 Å². The maximum Gasteiger partial charge on any atom is 0.131 e. The third-order valence-electron chi connectivity index (χ3n) is 2.84. The van der Waals surface area contributed by atoms with Crippen molar-refractivity contribution in [1.29, 1.82) is 0 Å². The number of nitrogens with zero attached hydrogens (tertiary/aromatic N) is 2. The van der Waals surface area contributed by atoms with Gasteiger partial charge in [-0.25, -0.2) is 4.98 Å². The van der Waals surface area contributed by atoms with Gasteiger partial charge in [0.05, 0.1) is 0 Å². The Kier molecular flexibility index (Phi) is 2.92. The van der Waals surface area contributed by atoms with E-state index >= 15 is 0 Å². The van der Waals surface area contributed by atoms with Gasteiger partial charge in [0.1, 0.15) is 5.15 Å². The van der Waals surface area contributed by atoms with Gasteiger partial charge in [-0.1, -0.05) is 11.6 Å². The molecule has 1 unspecified atom stereocenters. The lowest BCUT2D eigenvalue weighted by Crippen LogP contribution is -2.37. The van der Waals surface area contributed by atoms with E-state index in [4.69, 9.17) is 11.6 Å². The van der Waals surface area contributed by atoms with Crippen molar-refractivity contribution in [3.63, 3.8) is 0 Å². The lowest BCUT2D eigenvalue weighted by atomic mass is 10.0. The van der Waals surface area contributed by atoms with Crippen LogP contribution in [-0.4, -0.2) is 17.6 Å². The maximum atomic E-state index is 5.87. The SMILES string of the molecule is CC1CCCCN1c1ccnc(Cl)c1. The minimum absolute atomic E-state index is 0.584. The van der Waals surface area contributed by atoms with E-state index in [0.29, 0.717) is 11.2 Å². The monoisotopic (exact) mass is 210 g/mol. The predicted molar refractivity (Wildman–Crippen MR) is 59.9 cm³/mol. The van der Waals surface area contributed by atoms with E-state index in [1.54, 1.807) is 6.20 Å². The molecule has 0 bridgehead atoms. The summed E-state index contributed by atoms with van der Waals surface area (Å²) in [6.45, 7) is 3.41. The van der Waals surface area contributed by atoms with Crippen molar-refractivity contribution in [2.45, 2.75) is 32.2 Å². The molecule has 0 spiro atoms. The van der Waals surface area contributed by atoms with Crippen molar-refractivity contribution in [3.05, 3.63) is 23.5 Å². The van der Waals surface area contributed by atoms with Gasteiger partial charge in [-0.15, -0.1) is 0 Å². The molecule has 2 rings (SSSR count). The molecular weight excluding hydrogens is 196 g/mol. The van der Waals surface area contributed by atoms with E-state index < -0.39 is 0 Å². The third kappa shape index (κ3) is 2.01. The van der Waals surface area contributed by atoms with Crippen LogP contribution in [0.25, 0.3) is 0 Å². The van der Waals surface area contributed by atoms with Crippen molar-refractivity contribution in [1.82, 2.24) is 4.98 Å². The summed E-state index contributed by atoms with van der Waals surface area (Å²) >= 11 is 5.87.